The summed E-state index contributed by atoms with van der Waals surface area (Å²) in [5, 5.41) is 2.81. The lowest BCUT2D eigenvalue weighted by atomic mass is 10.5. The van der Waals surface area contributed by atoms with Gasteiger partial charge >= 0.3 is 0 Å². The van der Waals surface area contributed by atoms with Crippen LogP contribution in [-0.2, 0) is 11.3 Å². The first-order chi connectivity index (χ1) is 10.0. The second-order valence-corrected chi connectivity index (χ2v) is 4.56. The quantitative estimate of drug-likeness (QED) is 0.594. The lowest BCUT2D eigenvalue weighted by molar-refractivity contribution is -0.122. The smallest absolute Gasteiger partial charge is 0.280 e. The van der Waals surface area contributed by atoms with E-state index in [9.17, 15) is 9.59 Å². The van der Waals surface area contributed by atoms with Crippen LogP contribution in [0.2, 0.25) is 0 Å². The van der Waals surface area contributed by atoms with Gasteiger partial charge in [-0.25, -0.2) is 4.98 Å². The lowest BCUT2D eigenvalue weighted by Gasteiger charge is -2.18. The second kappa shape index (κ2) is 6.35. The van der Waals surface area contributed by atoms with Gasteiger partial charge in [0.2, 0.25) is 11.9 Å². The van der Waals surface area contributed by atoms with Crippen LogP contribution < -0.4 is 16.6 Å². The number of rotatable bonds is 6. The van der Waals surface area contributed by atoms with Crippen molar-refractivity contribution in [3.8, 4) is 0 Å². The molecule has 0 saturated heterocycles. The van der Waals surface area contributed by atoms with E-state index in [4.69, 9.17) is 5.73 Å². The van der Waals surface area contributed by atoms with Crippen molar-refractivity contribution in [2.45, 2.75) is 20.4 Å². The van der Waals surface area contributed by atoms with Crippen LogP contribution in [0.1, 0.15) is 13.8 Å². The number of aromatic nitrogens is 4. The molecule has 0 saturated carbocycles. The van der Waals surface area contributed by atoms with Gasteiger partial charge < -0.3 is 15.6 Å². The number of hydrogen-bond donors (Lipinski definition) is 3. The third-order valence-corrected chi connectivity index (χ3v) is 3.20. The van der Waals surface area contributed by atoms with Crippen LogP contribution >= 0.6 is 0 Å². The standard InChI is InChI=1S/C12H19N7O2/c1-3-18(4-2)6-14-8(20)5-19-7-15-9-10(19)16-12(13)17-11(9)21/h7H,3-6H2,1-2H3,(H,14,20)(H3,13,16,17,21). The third-order valence-electron chi connectivity index (χ3n) is 3.20. The molecule has 0 fully saturated rings. The number of carbonyl (C=O) groups excluding carboxylic acids is 1. The number of imidazole rings is 1. The zero-order valence-electron chi connectivity index (χ0n) is 12.1. The monoisotopic (exact) mass is 293 g/mol. The molecule has 0 aliphatic carbocycles. The maximum absolute atomic E-state index is 11.9. The third kappa shape index (κ3) is 3.37. The van der Waals surface area contributed by atoms with E-state index in [1.165, 1.54) is 10.9 Å². The normalized spacial score (nSPS) is 11.2. The first kappa shape index (κ1) is 15.0. The lowest BCUT2D eigenvalue weighted by Crippen LogP contribution is -2.38. The first-order valence-corrected chi connectivity index (χ1v) is 6.74. The van der Waals surface area contributed by atoms with Gasteiger partial charge in [0, 0.05) is 0 Å². The maximum Gasteiger partial charge on any atom is 0.280 e. The Bertz CT molecular complexity index is 686. The van der Waals surface area contributed by atoms with Crippen molar-refractivity contribution in [1.82, 2.24) is 29.7 Å². The van der Waals surface area contributed by atoms with Crippen LogP contribution in [0, 0.1) is 0 Å². The van der Waals surface area contributed by atoms with Crippen LogP contribution in [0.5, 0.6) is 0 Å². The fourth-order valence-corrected chi connectivity index (χ4v) is 1.94. The molecule has 0 unspecified atom stereocenters. The molecule has 9 heteroatoms. The van der Waals surface area contributed by atoms with E-state index in [-0.39, 0.29) is 23.9 Å². The molecule has 4 N–H and O–H groups in total. The number of aromatic amines is 1. The zero-order valence-corrected chi connectivity index (χ0v) is 12.1. The summed E-state index contributed by atoms with van der Waals surface area (Å²) in [6.45, 7) is 6.29. The molecule has 2 rings (SSSR count). The molecular weight excluding hydrogens is 274 g/mol. The molecule has 0 radical (unpaired) electrons. The van der Waals surface area contributed by atoms with Gasteiger partial charge in [0.25, 0.3) is 5.56 Å². The predicted octanol–water partition coefficient (Wildman–Crippen LogP) is -0.883. The van der Waals surface area contributed by atoms with E-state index < -0.39 is 5.56 Å². The summed E-state index contributed by atoms with van der Waals surface area (Å²) in [4.78, 5) is 36.0. The van der Waals surface area contributed by atoms with Crippen molar-refractivity contribution in [1.29, 1.82) is 0 Å². The molecule has 2 aromatic rings. The van der Waals surface area contributed by atoms with Crippen LogP contribution in [0.25, 0.3) is 11.2 Å². The van der Waals surface area contributed by atoms with Crippen molar-refractivity contribution in [3.63, 3.8) is 0 Å². The highest BCUT2D eigenvalue weighted by Gasteiger charge is 2.12. The van der Waals surface area contributed by atoms with Gasteiger partial charge in [-0.2, -0.15) is 4.98 Å². The number of hydrogen-bond acceptors (Lipinski definition) is 6. The zero-order chi connectivity index (χ0) is 15.4. The number of amides is 1. The molecule has 2 aromatic heterocycles. The Morgan fingerprint density at radius 1 is 1.48 bits per heavy atom. The minimum atomic E-state index is -0.417. The summed E-state index contributed by atoms with van der Waals surface area (Å²) >= 11 is 0. The number of carbonyl (C=O) groups is 1. The summed E-state index contributed by atoms with van der Waals surface area (Å²) in [6, 6.07) is 0. The molecule has 114 valence electrons. The summed E-state index contributed by atoms with van der Waals surface area (Å²) in [5.74, 6) is -0.181. The molecule has 0 aromatic carbocycles. The molecule has 1 amide bonds. The number of anilines is 1. The fraction of sp³-hybridized carbons (Fsp3) is 0.500. The van der Waals surface area contributed by atoms with Crippen LogP contribution in [0.4, 0.5) is 5.95 Å². The summed E-state index contributed by atoms with van der Waals surface area (Å²) in [6.07, 6.45) is 1.41. The van der Waals surface area contributed by atoms with E-state index >= 15 is 0 Å². The summed E-state index contributed by atoms with van der Waals surface area (Å²) < 4.78 is 1.50. The topological polar surface area (TPSA) is 122 Å². The van der Waals surface area contributed by atoms with Gasteiger partial charge in [0.15, 0.2) is 11.2 Å². The van der Waals surface area contributed by atoms with Gasteiger partial charge in [0.1, 0.15) is 6.54 Å². The van der Waals surface area contributed by atoms with E-state index in [1.807, 2.05) is 13.8 Å². The second-order valence-electron chi connectivity index (χ2n) is 4.56. The molecule has 0 atom stereocenters. The Morgan fingerprint density at radius 3 is 2.86 bits per heavy atom. The van der Waals surface area contributed by atoms with E-state index in [0.29, 0.717) is 12.3 Å². The number of fused-ring (bicyclic) bond motifs is 1. The van der Waals surface area contributed by atoms with E-state index in [2.05, 4.69) is 25.2 Å². The van der Waals surface area contributed by atoms with Crippen LogP contribution in [-0.4, -0.2) is 50.1 Å². The van der Waals surface area contributed by atoms with Gasteiger partial charge in [-0.15, -0.1) is 0 Å². The summed E-state index contributed by atoms with van der Waals surface area (Å²) in [5.41, 5.74) is 5.55. The maximum atomic E-state index is 11.9. The van der Waals surface area contributed by atoms with Crippen molar-refractivity contribution >= 4 is 23.0 Å². The Kier molecular flexibility index (Phi) is 4.53. The van der Waals surface area contributed by atoms with Gasteiger partial charge in [-0.1, -0.05) is 13.8 Å². The molecule has 0 aliphatic heterocycles. The number of H-pyrrole nitrogens is 1. The van der Waals surface area contributed by atoms with E-state index in [1.54, 1.807) is 0 Å². The highest BCUT2D eigenvalue weighted by molar-refractivity contribution is 5.78. The highest BCUT2D eigenvalue weighted by Crippen LogP contribution is 2.05. The molecule has 0 aliphatic rings. The Morgan fingerprint density at radius 2 is 2.19 bits per heavy atom. The molecule has 21 heavy (non-hydrogen) atoms. The molecule has 2 heterocycles. The molecule has 9 nitrogen and oxygen atoms in total. The first-order valence-electron chi connectivity index (χ1n) is 6.74. The molecular formula is C12H19N7O2. The van der Waals surface area contributed by atoms with Gasteiger partial charge in [-0.05, 0) is 13.1 Å². The summed E-state index contributed by atoms with van der Waals surface area (Å²) in [7, 11) is 0. The fourth-order valence-electron chi connectivity index (χ4n) is 1.94. The van der Waals surface area contributed by atoms with Crippen molar-refractivity contribution < 1.29 is 4.79 Å². The van der Waals surface area contributed by atoms with Crippen LogP contribution in [0.3, 0.4) is 0 Å². The minimum absolute atomic E-state index is 0.00204. The van der Waals surface area contributed by atoms with E-state index in [0.717, 1.165) is 13.1 Å². The largest absolute Gasteiger partial charge is 0.369 e. The highest BCUT2D eigenvalue weighted by atomic mass is 16.2. The van der Waals surface area contributed by atoms with Crippen molar-refractivity contribution in [2.24, 2.45) is 0 Å². The number of nitrogens with zero attached hydrogens (tertiary/aromatic N) is 4. The SMILES string of the molecule is CCN(CC)CNC(=O)Cn1cnc2c(=O)[nH]c(N)nc21. The predicted molar refractivity (Wildman–Crippen MR) is 78.5 cm³/mol. The van der Waals surface area contributed by atoms with Crippen LogP contribution in [0.15, 0.2) is 11.1 Å². The Labute approximate surface area is 121 Å². The van der Waals surface area contributed by atoms with Gasteiger partial charge in [0.05, 0.1) is 13.0 Å². The average molecular weight is 293 g/mol. The average Bonchev–Trinajstić information content (AvgIpc) is 2.83. The number of nitrogens with one attached hydrogen (secondary N) is 2. The Hall–Kier alpha value is -2.42. The minimum Gasteiger partial charge on any atom is -0.369 e. The number of nitrogen functional groups attached to an aromatic ring is 1. The number of nitrogens with two attached hydrogens (primary N) is 1. The Balaban J connectivity index is 2.10. The molecule has 0 bridgehead atoms. The van der Waals surface area contributed by atoms with Crippen molar-refractivity contribution in [3.05, 3.63) is 16.7 Å². The van der Waals surface area contributed by atoms with Gasteiger partial charge in [-0.3, -0.25) is 19.5 Å². The van der Waals surface area contributed by atoms with Crippen molar-refractivity contribution in [2.75, 3.05) is 25.5 Å². The molecule has 0 spiro atoms.